The molecule has 6 nitrogen and oxygen atoms in total. The summed E-state index contributed by atoms with van der Waals surface area (Å²) in [5, 5.41) is 12.9. The average molecular weight is 232 g/mol. The van der Waals surface area contributed by atoms with Crippen LogP contribution in [-0.2, 0) is 0 Å². The Hall–Kier alpha value is -1.95. The second-order valence-corrected chi connectivity index (χ2v) is 4.11. The fraction of sp³-hybridized carbons (Fsp3) is 0.364. The van der Waals surface area contributed by atoms with Crippen LogP contribution in [0, 0.1) is 6.92 Å². The van der Waals surface area contributed by atoms with E-state index in [0.29, 0.717) is 24.8 Å². The van der Waals surface area contributed by atoms with E-state index >= 15 is 0 Å². The first-order chi connectivity index (χ1) is 8.22. The van der Waals surface area contributed by atoms with Crippen LogP contribution in [0.25, 0.3) is 11.5 Å². The lowest BCUT2D eigenvalue weighted by Gasteiger charge is -2.36. The fourth-order valence-electron chi connectivity index (χ4n) is 1.76. The van der Waals surface area contributed by atoms with Gasteiger partial charge in [0.05, 0.1) is 11.7 Å². The molecule has 1 saturated heterocycles. The Bertz CT molecular complexity index is 517. The predicted molar refractivity (Wildman–Crippen MR) is 60.5 cm³/mol. The smallest absolute Gasteiger partial charge is 0.259 e. The second kappa shape index (κ2) is 3.81. The topological polar surface area (TPSA) is 75.3 Å². The van der Waals surface area contributed by atoms with Crippen LogP contribution in [0.4, 0.5) is 5.82 Å². The van der Waals surface area contributed by atoms with Crippen molar-refractivity contribution in [1.82, 2.24) is 15.1 Å². The van der Waals surface area contributed by atoms with Gasteiger partial charge in [-0.15, -0.1) is 0 Å². The average Bonchev–Trinajstić information content (AvgIpc) is 2.72. The lowest BCUT2D eigenvalue weighted by Crippen LogP contribution is -2.51. The van der Waals surface area contributed by atoms with Gasteiger partial charge in [0.25, 0.3) is 5.89 Å². The Labute approximate surface area is 97.9 Å². The summed E-state index contributed by atoms with van der Waals surface area (Å²) in [7, 11) is 0. The van der Waals surface area contributed by atoms with Crippen LogP contribution in [0.2, 0.25) is 0 Å². The molecule has 1 aliphatic rings. The first kappa shape index (κ1) is 10.2. The first-order valence-corrected chi connectivity index (χ1v) is 5.42. The normalized spacial score (nSPS) is 16.0. The highest BCUT2D eigenvalue weighted by atomic mass is 16.5. The van der Waals surface area contributed by atoms with Gasteiger partial charge in [-0.3, -0.25) is 0 Å². The summed E-state index contributed by atoms with van der Waals surface area (Å²) in [4.78, 5) is 10.4. The van der Waals surface area contributed by atoms with Crippen molar-refractivity contribution in [2.24, 2.45) is 0 Å². The van der Waals surface area contributed by atoms with Crippen molar-refractivity contribution in [1.29, 1.82) is 0 Å². The third-order valence-corrected chi connectivity index (χ3v) is 2.71. The highest BCUT2D eigenvalue weighted by molar-refractivity contribution is 5.55. The van der Waals surface area contributed by atoms with Gasteiger partial charge in [-0.2, -0.15) is 4.98 Å². The predicted octanol–water partition coefficient (Wildman–Crippen LogP) is 0.621. The van der Waals surface area contributed by atoms with E-state index in [1.54, 1.807) is 13.1 Å². The largest absolute Gasteiger partial charge is 0.389 e. The number of aliphatic hydroxyl groups is 1. The highest BCUT2D eigenvalue weighted by Gasteiger charge is 2.25. The zero-order chi connectivity index (χ0) is 11.8. The summed E-state index contributed by atoms with van der Waals surface area (Å²) in [6, 6.07) is 3.78. The maximum Gasteiger partial charge on any atom is 0.259 e. The van der Waals surface area contributed by atoms with Gasteiger partial charge in [0.2, 0.25) is 0 Å². The Morgan fingerprint density at radius 1 is 1.41 bits per heavy atom. The minimum Gasteiger partial charge on any atom is -0.389 e. The van der Waals surface area contributed by atoms with Crippen LogP contribution in [0.1, 0.15) is 5.82 Å². The molecule has 0 aliphatic carbocycles. The molecule has 1 N–H and O–H groups in total. The molecule has 6 heteroatoms. The molecular weight excluding hydrogens is 220 g/mol. The Morgan fingerprint density at radius 2 is 2.24 bits per heavy atom. The van der Waals surface area contributed by atoms with Crippen LogP contribution in [0.15, 0.2) is 22.9 Å². The van der Waals surface area contributed by atoms with Gasteiger partial charge in [-0.05, 0) is 19.1 Å². The standard InChI is InChI=1S/C11H12N4O2/c1-7-13-11(17-14-7)8-2-3-10(12-4-8)15-5-9(16)6-15/h2-4,9,16H,5-6H2,1H3. The quantitative estimate of drug-likeness (QED) is 0.818. The molecule has 0 amide bonds. The molecule has 17 heavy (non-hydrogen) atoms. The zero-order valence-electron chi connectivity index (χ0n) is 9.37. The molecule has 3 rings (SSSR count). The maximum absolute atomic E-state index is 9.21. The molecule has 1 fully saturated rings. The number of aromatic nitrogens is 3. The summed E-state index contributed by atoms with van der Waals surface area (Å²) in [5.41, 5.74) is 0.801. The molecule has 0 saturated carbocycles. The number of hydrogen-bond acceptors (Lipinski definition) is 6. The number of anilines is 1. The molecule has 2 aromatic heterocycles. The van der Waals surface area contributed by atoms with Gasteiger partial charge in [0.15, 0.2) is 5.82 Å². The maximum atomic E-state index is 9.21. The number of aliphatic hydroxyl groups excluding tert-OH is 1. The molecule has 88 valence electrons. The van der Waals surface area contributed by atoms with Gasteiger partial charge in [0.1, 0.15) is 5.82 Å². The van der Waals surface area contributed by atoms with E-state index in [0.717, 1.165) is 11.4 Å². The lowest BCUT2D eigenvalue weighted by molar-refractivity contribution is 0.141. The molecule has 0 unspecified atom stereocenters. The van der Waals surface area contributed by atoms with Crippen molar-refractivity contribution in [2.75, 3.05) is 18.0 Å². The molecular formula is C11H12N4O2. The molecule has 1 aliphatic heterocycles. The summed E-state index contributed by atoms with van der Waals surface area (Å²) in [6.07, 6.45) is 1.47. The minimum atomic E-state index is -0.227. The number of hydrogen-bond donors (Lipinski definition) is 1. The number of β-amino-alcohol motifs (C(OH)–C–C–N with tert-alkyl or cyclic N) is 1. The van der Waals surface area contributed by atoms with Gasteiger partial charge in [-0.1, -0.05) is 5.16 Å². The van der Waals surface area contributed by atoms with E-state index in [1.807, 2.05) is 17.0 Å². The Balaban J connectivity index is 1.80. The number of pyridine rings is 1. The molecule has 0 spiro atoms. The SMILES string of the molecule is Cc1noc(-c2ccc(N3CC(O)C3)nc2)n1. The number of aryl methyl sites for hydroxylation is 1. The van der Waals surface area contributed by atoms with Crippen molar-refractivity contribution in [3.8, 4) is 11.5 Å². The van der Waals surface area contributed by atoms with Crippen molar-refractivity contribution >= 4 is 5.82 Å². The van der Waals surface area contributed by atoms with Crippen molar-refractivity contribution < 1.29 is 9.63 Å². The first-order valence-electron chi connectivity index (χ1n) is 5.42. The van der Waals surface area contributed by atoms with E-state index < -0.39 is 0 Å². The molecule has 0 atom stereocenters. The minimum absolute atomic E-state index is 0.227. The Morgan fingerprint density at radius 3 is 2.76 bits per heavy atom. The van der Waals surface area contributed by atoms with Crippen molar-refractivity contribution in [3.63, 3.8) is 0 Å². The van der Waals surface area contributed by atoms with Crippen molar-refractivity contribution in [3.05, 3.63) is 24.2 Å². The summed E-state index contributed by atoms with van der Waals surface area (Å²) < 4.78 is 5.05. The third-order valence-electron chi connectivity index (χ3n) is 2.71. The van der Waals surface area contributed by atoms with Gasteiger partial charge in [-0.25, -0.2) is 4.98 Å². The number of rotatable bonds is 2. The molecule has 2 aromatic rings. The van der Waals surface area contributed by atoms with Crippen LogP contribution >= 0.6 is 0 Å². The van der Waals surface area contributed by atoms with Crippen LogP contribution in [0.5, 0.6) is 0 Å². The lowest BCUT2D eigenvalue weighted by atomic mass is 10.1. The summed E-state index contributed by atoms with van der Waals surface area (Å²) in [6.45, 7) is 3.06. The van der Waals surface area contributed by atoms with Gasteiger partial charge in [0, 0.05) is 19.3 Å². The summed E-state index contributed by atoms with van der Waals surface area (Å²) >= 11 is 0. The monoisotopic (exact) mass is 232 g/mol. The van der Waals surface area contributed by atoms with E-state index in [1.165, 1.54) is 0 Å². The van der Waals surface area contributed by atoms with Gasteiger partial charge < -0.3 is 14.5 Å². The van der Waals surface area contributed by atoms with Crippen molar-refractivity contribution in [2.45, 2.75) is 13.0 Å². The third kappa shape index (κ3) is 1.87. The molecule has 3 heterocycles. The van der Waals surface area contributed by atoms with Crippen LogP contribution in [-0.4, -0.2) is 39.4 Å². The summed E-state index contributed by atoms with van der Waals surface area (Å²) in [5.74, 6) is 1.94. The molecule has 0 aromatic carbocycles. The van der Waals surface area contributed by atoms with E-state index in [9.17, 15) is 5.11 Å². The zero-order valence-corrected chi connectivity index (χ0v) is 9.37. The number of nitrogens with zero attached hydrogens (tertiary/aromatic N) is 4. The second-order valence-electron chi connectivity index (χ2n) is 4.11. The van der Waals surface area contributed by atoms with Crippen LogP contribution < -0.4 is 4.90 Å². The highest BCUT2D eigenvalue weighted by Crippen LogP contribution is 2.22. The Kier molecular flexibility index (Phi) is 2.29. The fourth-order valence-corrected chi connectivity index (χ4v) is 1.76. The van der Waals surface area contributed by atoms with Gasteiger partial charge >= 0.3 is 0 Å². The van der Waals surface area contributed by atoms with E-state index in [-0.39, 0.29) is 6.10 Å². The van der Waals surface area contributed by atoms with E-state index in [4.69, 9.17) is 4.52 Å². The molecule has 0 bridgehead atoms. The van der Waals surface area contributed by atoms with E-state index in [2.05, 4.69) is 15.1 Å². The molecule has 0 radical (unpaired) electrons. The van der Waals surface area contributed by atoms with Crippen LogP contribution in [0.3, 0.4) is 0 Å².